The number of benzene rings is 2. The predicted molar refractivity (Wildman–Crippen MR) is 118 cm³/mol. The van der Waals surface area contributed by atoms with Crippen molar-refractivity contribution in [3.63, 3.8) is 0 Å². The first-order valence-corrected chi connectivity index (χ1v) is 10.3. The molecule has 1 aliphatic rings. The summed E-state index contributed by atoms with van der Waals surface area (Å²) in [6.45, 7) is 0. The normalized spacial score (nSPS) is 15.0. The van der Waals surface area contributed by atoms with Crippen molar-refractivity contribution in [1.29, 1.82) is 0 Å². The summed E-state index contributed by atoms with van der Waals surface area (Å²) in [4.78, 5) is 8.14. The van der Waals surface area contributed by atoms with Gasteiger partial charge in [-0.3, -0.25) is 0 Å². The van der Waals surface area contributed by atoms with Gasteiger partial charge >= 0.3 is 0 Å². The van der Waals surface area contributed by atoms with Crippen molar-refractivity contribution in [3.05, 3.63) is 89.6 Å². The van der Waals surface area contributed by atoms with Gasteiger partial charge in [0.05, 0.1) is 10.7 Å². The van der Waals surface area contributed by atoms with Crippen LogP contribution in [0.15, 0.2) is 93.4 Å². The number of hydrogen-bond donors (Lipinski definition) is 0. The molecule has 0 unspecified atom stereocenters. The van der Waals surface area contributed by atoms with Crippen molar-refractivity contribution < 1.29 is 8.98 Å². The van der Waals surface area contributed by atoms with Crippen LogP contribution < -0.4 is 9.47 Å². The van der Waals surface area contributed by atoms with Gasteiger partial charge in [0.15, 0.2) is 11.8 Å². The number of aryl methyl sites for hydroxylation is 1. The summed E-state index contributed by atoms with van der Waals surface area (Å²) in [5.41, 5.74) is 4.96. The van der Waals surface area contributed by atoms with Crippen LogP contribution in [0.4, 0.5) is 5.69 Å². The molecular formula is C24H20N3OS+. The SMILES string of the molecule is CN1/C(=C/C=C\c2cc[n+](C)c(-c3nc4ccccc4o3)c2)Sc2ccccc21. The number of oxazole rings is 1. The van der Waals surface area contributed by atoms with Gasteiger partial charge in [-0.25, -0.2) is 4.98 Å². The lowest BCUT2D eigenvalue weighted by atomic mass is 10.2. The molecule has 2 aromatic carbocycles. The molecule has 0 bridgehead atoms. The molecule has 1 aliphatic heterocycles. The topological polar surface area (TPSA) is 33.2 Å². The van der Waals surface area contributed by atoms with Crippen molar-refractivity contribution >= 4 is 34.6 Å². The van der Waals surface area contributed by atoms with Crippen LogP contribution in [0.3, 0.4) is 0 Å². The highest BCUT2D eigenvalue weighted by atomic mass is 32.2. The zero-order valence-electron chi connectivity index (χ0n) is 16.2. The first-order chi connectivity index (χ1) is 14.2. The minimum atomic E-state index is 0.629. The first kappa shape index (κ1) is 17.8. The van der Waals surface area contributed by atoms with Crippen LogP contribution in [-0.4, -0.2) is 12.0 Å². The van der Waals surface area contributed by atoms with E-state index in [1.807, 2.05) is 42.1 Å². The van der Waals surface area contributed by atoms with E-state index in [0.717, 1.165) is 22.4 Å². The zero-order valence-corrected chi connectivity index (χ0v) is 17.1. The molecule has 0 aliphatic carbocycles. The molecule has 5 rings (SSSR count). The van der Waals surface area contributed by atoms with E-state index in [4.69, 9.17) is 4.42 Å². The summed E-state index contributed by atoms with van der Waals surface area (Å²) in [7, 11) is 4.10. The lowest BCUT2D eigenvalue weighted by molar-refractivity contribution is -0.661. The van der Waals surface area contributed by atoms with Gasteiger partial charge in [-0.05, 0) is 35.9 Å². The molecule has 0 amide bonds. The average molecular weight is 399 g/mol. The fourth-order valence-corrected chi connectivity index (χ4v) is 4.46. The summed E-state index contributed by atoms with van der Waals surface area (Å²) < 4.78 is 7.97. The van der Waals surface area contributed by atoms with Crippen molar-refractivity contribution in [2.75, 3.05) is 11.9 Å². The van der Waals surface area contributed by atoms with Crippen LogP contribution in [0.25, 0.3) is 28.8 Å². The van der Waals surface area contributed by atoms with E-state index in [0.29, 0.717) is 5.89 Å². The molecule has 0 saturated carbocycles. The van der Waals surface area contributed by atoms with Gasteiger partial charge in [-0.15, -0.1) is 0 Å². The number of allylic oxidation sites excluding steroid dienone is 2. The van der Waals surface area contributed by atoms with Crippen LogP contribution >= 0.6 is 11.8 Å². The Balaban J connectivity index is 1.42. The Labute approximate surface area is 173 Å². The zero-order chi connectivity index (χ0) is 19.8. The lowest BCUT2D eigenvalue weighted by Crippen LogP contribution is -2.30. The number of anilines is 1. The standard InChI is InChI=1S/C24H20N3OS/c1-26-15-14-17(16-20(26)24-25-18-9-3-5-11-21(18)28-24)8-7-13-23-27(2)19-10-4-6-12-22(19)29-23/h3-16H,1-2H3/q+1. The van der Waals surface area contributed by atoms with Crippen molar-refractivity contribution in [2.45, 2.75) is 4.90 Å². The third-order valence-electron chi connectivity index (χ3n) is 4.99. The Kier molecular flexibility index (Phi) is 4.45. The first-order valence-electron chi connectivity index (χ1n) is 9.44. The fraction of sp³-hybridized carbons (Fsp3) is 0.0833. The van der Waals surface area contributed by atoms with Crippen molar-refractivity contribution in [2.24, 2.45) is 7.05 Å². The third-order valence-corrected chi connectivity index (χ3v) is 6.17. The maximum Gasteiger partial charge on any atom is 0.294 e. The Morgan fingerprint density at radius 1 is 1.07 bits per heavy atom. The summed E-state index contributed by atoms with van der Waals surface area (Å²) >= 11 is 1.79. The number of aromatic nitrogens is 2. The summed E-state index contributed by atoms with van der Waals surface area (Å²) in [5.74, 6) is 0.629. The third kappa shape index (κ3) is 3.34. The van der Waals surface area contributed by atoms with Gasteiger partial charge in [0.1, 0.15) is 12.6 Å². The molecule has 0 saturated heterocycles. The van der Waals surface area contributed by atoms with Crippen LogP contribution in [0.1, 0.15) is 5.56 Å². The molecule has 142 valence electrons. The number of rotatable bonds is 3. The Hall–Kier alpha value is -3.31. The van der Waals surface area contributed by atoms with E-state index in [2.05, 4.69) is 71.6 Å². The van der Waals surface area contributed by atoms with E-state index in [9.17, 15) is 0 Å². The highest BCUT2D eigenvalue weighted by Crippen LogP contribution is 2.44. The van der Waals surface area contributed by atoms with Crippen LogP contribution in [0.5, 0.6) is 0 Å². The Morgan fingerprint density at radius 2 is 1.90 bits per heavy atom. The quantitative estimate of drug-likeness (QED) is 0.432. The highest BCUT2D eigenvalue weighted by Gasteiger charge is 2.20. The number of hydrogen-bond acceptors (Lipinski definition) is 4. The van der Waals surface area contributed by atoms with Gasteiger partial charge in [0, 0.05) is 24.1 Å². The highest BCUT2D eigenvalue weighted by molar-refractivity contribution is 8.03. The molecule has 5 heteroatoms. The maximum atomic E-state index is 5.95. The molecule has 4 aromatic rings. The number of fused-ring (bicyclic) bond motifs is 2. The summed E-state index contributed by atoms with van der Waals surface area (Å²) in [6.07, 6.45) is 8.38. The van der Waals surface area contributed by atoms with Crippen molar-refractivity contribution in [3.8, 4) is 11.6 Å². The van der Waals surface area contributed by atoms with Gasteiger partial charge in [-0.2, -0.15) is 4.57 Å². The summed E-state index contributed by atoms with van der Waals surface area (Å²) in [5, 5.41) is 1.21. The minimum Gasteiger partial charge on any atom is -0.432 e. The Morgan fingerprint density at radius 3 is 2.76 bits per heavy atom. The second kappa shape index (κ2) is 7.26. The number of thioether (sulfide) groups is 1. The van der Waals surface area contributed by atoms with E-state index < -0.39 is 0 Å². The van der Waals surface area contributed by atoms with Crippen LogP contribution in [0.2, 0.25) is 0 Å². The Bertz CT molecular complexity index is 1240. The lowest BCUT2D eigenvalue weighted by Gasteiger charge is -2.12. The van der Waals surface area contributed by atoms with Crippen molar-refractivity contribution in [1.82, 2.24) is 4.98 Å². The number of pyridine rings is 1. The second-order valence-electron chi connectivity index (χ2n) is 6.94. The smallest absolute Gasteiger partial charge is 0.294 e. The van der Waals surface area contributed by atoms with Crippen LogP contribution in [-0.2, 0) is 7.05 Å². The largest absolute Gasteiger partial charge is 0.432 e. The number of para-hydroxylation sites is 3. The maximum absolute atomic E-state index is 5.95. The van der Waals surface area contributed by atoms with Gasteiger partial charge < -0.3 is 9.32 Å². The van der Waals surface area contributed by atoms with E-state index in [1.165, 1.54) is 15.6 Å². The van der Waals surface area contributed by atoms with Gasteiger partial charge in [0.2, 0.25) is 0 Å². The molecule has 0 fully saturated rings. The molecule has 29 heavy (non-hydrogen) atoms. The van der Waals surface area contributed by atoms with E-state index >= 15 is 0 Å². The molecule has 0 atom stereocenters. The van der Waals surface area contributed by atoms with E-state index in [-0.39, 0.29) is 0 Å². The average Bonchev–Trinajstić information content (AvgIpc) is 3.31. The van der Waals surface area contributed by atoms with Gasteiger partial charge in [-0.1, -0.05) is 48.2 Å². The van der Waals surface area contributed by atoms with Crippen LogP contribution in [0, 0.1) is 0 Å². The predicted octanol–water partition coefficient (Wildman–Crippen LogP) is 5.42. The van der Waals surface area contributed by atoms with Gasteiger partial charge in [0.25, 0.3) is 11.6 Å². The monoisotopic (exact) mass is 398 g/mol. The second-order valence-corrected chi connectivity index (χ2v) is 8.00. The molecule has 2 aromatic heterocycles. The molecule has 0 radical (unpaired) electrons. The molecule has 0 spiro atoms. The minimum absolute atomic E-state index is 0.629. The molecule has 0 N–H and O–H groups in total. The molecule has 3 heterocycles. The fourth-order valence-electron chi connectivity index (χ4n) is 3.39. The molecule has 4 nitrogen and oxygen atoms in total. The summed E-state index contributed by atoms with van der Waals surface area (Å²) in [6, 6.07) is 20.5. The number of nitrogens with zero attached hydrogens (tertiary/aromatic N) is 3. The van der Waals surface area contributed by atoms with E-state index in [1.54, 1.807) is 11.8 Å². The molecular weight excluding hydrogens is 378 g/mol.